The van der Waals surface area contributed by atoms with E-state index in [0.717, 1.165) is 17.7 Å². The van der Waals surface area contributed by atoms with Crippen LogP contribution < -0.4 is 5.32 Å². The minimum Gasteiger partial charge on any atom is -0.480 e. The van der Waals surface area contributed by atoms with E-state index in [0.29, 0.717) is 5.92 Å². The lowest BCUT2D eigenvalue weighted by molar-refractivity contribution is -0.144. The van der Waals surface area contributed by atoms with E-state index in [1.807, 2.05) is 31.2 Å². The minimum atomic E-state index is -0.978. The summed E-state index contributed by atoms with van der Waals surface area (Å²) in [4.78, 5) is 11.5. The van der Waals surface area contributed by atoms with Crippen LogP contribution >= 0.6 is 0 Å². The molecule has 1 fully saturated rings. The van der Waals surface area contributed by atoms with Gasteiger partial charge in [0.2, 0.25) is 0 Å². The Kier molecular flexibility index (Phi) is 3.20. The molecule has 1 aromatic rings. The molecule has 1 aromatic carbocycles. The Morgan fingerprint density at radius 3 is 2.76 bits per heavy atom. The van der Waals surface area contributed by atoms with E-state index < -0.39 is 11.5 Å². The summed E-state index contributed by atoms with van der Waals surface area (Å²) >= 11 is 0. The van der Waals surface area contributed by atoms with E-state index >= 15 is 0 Å². The molecule has 3 heteroatoms. The largest absolute Gasteiger partial charge is 0.480 e. The molecular formula is C14H19NO2. The van der Waals surface area contributed by atoms with Crippen molar-refractivity contribution < 1.29 is 9.90 Å². The van der Waals surface area contributed by atoms with Gasteiger partial charge in [-0.3, -0.25) is 5.32 Å². The predicted octanol–water partition coefficient (Wildman–Crippen LogP) is 2.29. The second-order valence-corrected chi connectivity index (χ2v) is 5.12. The molecule has 1 atom stereocenters. The van der Waals surface area contributed by atoms with Crippen molar-refractivity contribution in [2.24, 2.45) is 5.92 Å². The molecule has 2 rings (SSSR count). The van der Waals surface area contributed by atoms with E-state index in [1.54, 1.807) is 6.92 Å². The van der Waals surface area contributed by atoms with E-state index in [4.69, 9.17) is 0 Å². The number of nitrogens with one attached hydrogen (secondary N) is 1. The van der Waals surface area contributed by atoms with Gasteiger partial charge in [-0.05, 0) is 44.7 Å². The molecule has 0 aliphatic heterocycles. The van der Waals surface area contributed by atoms with Crippen molar-refractivity contribution in [1.82, 2.24) is 5.32 Å². The van der Waals surface area contributed by atoms with E-state index in [9.17, 15) is 9.90 Å². The van der Waals surface area contributed by atoms with Crippen LogP contribution in [0.5, 0.6) is 0 Å². The first-order valence-electron chi connectivity index (χ1n) is 6.08. The van der Waals surface area contributed by atoms with Crippen molar-refractivity contribution in [3.05, 3.63) is 35.4 Å². The SMILES string of the molecule is Cc1cccc(C(C)(NCC2CC2)C(=O)O)c1. The summed E-state index contributed by atoms with van der Waals surface area (Å²) in [5, 5.41) is 12.6. The minimum absolute atomic E-state index is 0.665. The summed E-state index contributed by atoms with van der Waals surface area (Å²) in [7, 11) is 0. The molecule has 0 saturated heterocycles. The molecule has 2 N–H and O–H groups in total. The summed E-state index contributed by atoms with van der Waals surface area (Å²) < 4.78 is 0. The van der Waals surface area contributed by atoms with Crippen LogP contribution in [0, 0.1) is 12.8 Å². The van der Waals surface area contributed by atoms with Crippen molar-refractivity contribution >= 4 is 5.97 Å². The van der Waals surface area contributed by atoms with E-state index in [2.05, 4.69) is 5.32 Å². The summed E-state index contributed by atoms with van der Waals surface area (Å²) in [5.74, 6) is -0.151. The summed E-state index contributed by atoms with van der Waals surface area (Å²) in [5.41, 5.74) is 0.933. The van der Waals surface area contributed by atoms with Crippen LogP contribution in [0.15, 0.2) is 24.3 Å². The Labute approximate surface area is 102 Å². The highest BCUT2D eigenvalue weighted by Gasteiger charge is 2.36. The molecule has 1 unspecified atom stereocenters. The molecule has 1 aliphatic rings. The topological polar surface area (TPSA) is 49.3 Å². The molecule has 3 nitrogen and oxygen atoms in total. The Hall–Kier alpha value is -1.35. The van der Waals surface area contributed by atoms with Gasteiger partial charge in [-0.25, -0.2) is 4.79 Å². The van der Waals surface area contributed by atoms with Crippen molar-refractivity contribution in [2.45, 2.75) is 32.2 Å². The van der Waals surface area contributed by atoms with Gasteiger partial charge in [0, 0.05) is 0 Å². The van der Waals surface area contributed by atoms with Crippen LogP contribution in [-0.2, 0) is 10.3 Å². The third-order valence-electron chi connectivity index (χ3n) is 3.46. The fourth-order valence-electron chi connectivity index (χ4n) is 1.93. The van der Waals surface area contributed by atoms with Crippen LogP contribution in [0.3, 0.4) is 0 Å². The quantitative estimate of drug-likeness (QED) is 0.820. The first kappa shape index (κ1) is 12.1. The Balaban J connectivity index is 2.22. The van der Waals surface area contributed by atoms with Crippen LogP contribution in [0.1, 0.15) is 30.9 Å². The molecule has 92 valence electrons. The Morgan fingerprint density at radius 1 is 1.53 bits per heavy atom. The first-order valence-corrected chi connectivity index (χ1v) is 6.08. The van der Waals surface area contributed by atoms with Gasteiger partial charge in [0.1, 0.15) is 5.54 Å². The average Bonchev–Trinajstić information content (AvgIpc) is 3.09. The average molecular weight is 233 g/mol. The number of aryl methyl sites for hydroxylation is 1. The number of hydrogen-bond acceptors (Lipinski definition) is 2. The fraction of sp³-hybridized carbons (Fsp3) is 0.500. The molecule has 0 amide bonds. The second-order valence-electron chi connectivity index (χ2n) is 5.12. The maximum absolute atomic E-state index is 11.5. The lowest BCUT2D eigenvalue weighted by Gasteiger charge is -2.27. The molecular weight excluding hydrogens is 214 g/mol. The molecule has 0 spiro atoms. The maximum atomic E-state index is 11.5. The second kappa shape index (κ2) is 4.49. The highest BCUT2D eigenvalue weighted by Crippen LogP contribution is 2.30. The third kappa shape index (κ3) is 2.67. The predicted molar refractivity (Wildman–Crippen MR) is 66.9 cm³/mol. The standard InChI is InChI=1S/C14H19NO2/c1-10-4-3-5-12(8-10)14(2,13(16)17)15-9-11-6-7-11/h3-5,8,11,15H,6-7,9H2,1-2H3,(H,16,17). The summed E-state index contributed by atoms with van der Waals surface area (Å²) in [6.07, 6.45) is 2.44. The molecule has 1 aliphatic carbocycles. The molecule has 0 heterocycles. The third-order valence-corrected chi connectivity index (χ3v) is 3.46. The number of hydrogen-bond donors (Lipinski definition) is 2. The van der Waals surface area contributed by atoms with Crippen LogP contribution in [-0.4, -0.2) is 17.6 Å². The molecule has 17 heavy (non-hydrogen) atoms. The molecule has 1 saturated carbocycles. The fourth-order valence-corrected chi connectivity index (χ4v) is 1.93. The molecule has 0 radical (unpaired) electrons. The lowest BCUT2D eigenvalue weighted by Crippen LogP contribution is -2.47. The number of aliphatic carboxylic acids is 1. The van der Waals surface area contributed by atoms with Gasteiger partial charge < -0.3 is 5.11 Å². The van der Waals surface area contributed by atoms with Crippen LogP contribution in [0.2, 0.25) is 0 Å². The van der Waals surface area contributed by atoms with Crippen molar-refractivity contribution in [2.75, 3.05) is 6.54 Å². The zero-order valence-electron chi connectivity index (χ0n) is 10.4. The Morgan fingerprint density at radius 2 is 2.24 bits per heavy atom. The number of benzene rings is 1. The first-order chi connectivity index (χ1) is 8.02. The van der Waals surface area contributed by atoms with Gasteiger partial charge >= 0.3 is 5.97 Å². The van der Waals surface area contributed by atoms with Crippen LogP contribution in [0.25, 0.3) is 0 Å². The zero-order valence-corrected chi connectivity index (χ0v) is 10.4. The Bertz CT molecular complexity index is 426. The van der Waals surface area contributed by atoms with Gasteiger partial charge in [0.05, 0.1) is 0 Å². The number of carbonyl (C=O) groups is 1. The van der Waals surface area contributed by atoms with Gasteiger partial charge in [-0.2, -0.15) is 0 Å². The van der Waals surface area contributed by atoms with Gasteiger partial charge in [-0.15, -0.1) is 0 Å². The van der Waals surface area contributed by atoms with E-state index in [1.165, 1.54) is 12.8 Å². The van der Waals surface area contributed by atoms with Gasteiger partial charge in [0.25, 0.3) is 0 Å². The van der Waals surface area contributed by atoms with Gasteiger partial charge in [0.15, 0.2) is 0 Å². The molecule has 0 bridgehead atoms. The van der Waals surface area contributed by atoms with E-state index in [-0.39, 0.29) is 0 Å². The maximum Gasteiger partial charge on any atom is 0.328 e. The summed E-state index contributed by atoms with van der Waals surface area (Å²) in [6.45, 7) is 4.51. The lowest BCUT2D eigenvalue weighted by atomic mass is 9.91. The summed E-state index contributed by atoms with van der Waals surface area (Å²) in [6, 6.07) is 7.70. The monoisotopic (exact) mass is 233 g/mol. The van der Waals surface area contributed by atoms with Crippen LogP contribution in [0.4, 0.5) is 0 Å². The zero-order chi connectivity index (χ0) is 12.5. The number of carboxylic acid groups (broad SMARTS) is 1. The normalized spacial score (nSPS) is 18.7. The smallest absolute Gasteiger partial charge is 0.328 e. The number of carboxylic acids is 1. The van der Waals surface area contributed by atoms with Gasteiger partial charge in [-0.1, -0.05) is 29.8 Å². The van der Waals surface area contributed by atoms with Crippen molar-refractivity contribution in [1.29, 1.82) is 0 Å². The van der Waals surface area contributed by atoms with Crippen molar-refractivity contribution in [3.8, 4) is 0 Å². The van der Waals surface area contributed by atoms with Crippen molar-refractivity contribution in [3.63, 3.8) is 0 Å². The number of rotatable bonds is 5. The highest BCUT2D eigenvalue weighted by molar-refractivity contribution is 5.80. The highest BCUT2D eigenvalue weighted by atomic mass is 16.4. The molecule has 0 aromatic heterocycles.